The largest absolute Gasteiger partial charge is 0.446 e. The van der Waals surface area contributed by atoms with Gasteiger partial charge in [-0.2, -0.15) is 13.2 Å². The molecule has 1 saturated carbocycles. The number of carbonyl (C=O) groups is 1. The minimum atomic E-state index is -4.32. The number of hydrogen-bond donors (Lipinski definition) is 2. The first kappa shape index (κ1) is 15.2. The van der Waals surface area contributed by atoms with E-state index in [2.05, 4.69) is 5.32 Å². The summed E-state index contributed by atoms with van der Waals surface area (Å²) in [5.41, 5.74) is 1.87. The third-order valence-corrected chi connectivity index (χ3v) is 3.82. The van der Waals surface area contributed by atoms with E-state index >= 15 is 0 Å². The first-order valence-corrected chi connectivity index (χ1v) is 7.06. The Labute approximate surface area is 119 Å². The smallest absolute Gasteiger partial charge is 0.350 e. The van der Waals surface area contributed by atoms with Crippen molar-refractivity contribution in [2.75, 3.05) is 6.54 Å². The summed E-state index contributed by atoms with van der Waals surface area (Å²) in [5, 5.41) is 2.69. The summed E-state index contributed by atoms with van der Waals surface area (Å²) >= 11 is -0.200. The molecule has 0 bridgehead atoms. The molecule has 3 nitrogen and oxygen atoms in total. The first-order valence-electron chi connectivity index (χ1n) is 6.25. The molecule has 1 amide bonds. The molecule has 1 unspecified atom stereocenters. The molecule has 1 fully saturated rings. The van der Waals surface area contributed by atoms with E-state index in [9.17, 15) is 18.0 Å². The Morgan fingerprint density at radius 3 is 2.45 bits per heavy atom. The number of hydrogen-bond acceptors (Lipinski definition) is 3. The molecule has 0 saturated heterocycles. The first-order chi connectivity index (χ1) is 9.35. The van der Waals surface area contributed by atoms with Crippen molar-refractivity contribution in [3.8, 4) is 0 Å². The highest BCUT2D eigenvalue weighted by atomic mass is 32.2. The summed E-state index contributed by atoms with van der Waals surface area (Å²) in [5.74, 6) is 0.172. The van der Waals surface area contributed by atoms with Crippen LogP contribution < -0.4 is 11.1 Å². The van der Waals surface area contributed by atoms with Crippen molar-refractivity contribution in [3.63, 3.8) is 0 Å². The highest BCUT2D eigenvalue weighted by Crippen LogP contribution is 2.36. The Balaban J connectivity index is 1.86. The van der Waals surface area contributed by atoms with Crippen LogP contribution in [0.3, 0.4) is 0 Å². The van der Waals surface area contributed by atoms with Gasteiger partial charge in [-0.3, -0.25) is 4.79 Å². The summed E-state index contributed by atoms with van der Waals surface area (Å²) in [6, 6.07) is 5.29. The van der Waals surface area contributed by atoms with Gasteiger partial charge in [0.05, 0.1) is 0 Å². The van der Waals surface area contributed by atoms with Gasteiger partial charge in [0, 0.05) is 23.0 Å². The van der Waals surface area contributed by atoms with E-state index in [0.717, 1.165) is 12.8 Å². The van der Waals surface area contributed by atoms with Crippen LogP contribution in [0.2, 0.25) is 0 Å². The minimum absolute atomic E-state index is 0.0426. The number of halogens is 3. The molecule has 3 N–H and O–H groups in total. The van der Waals surface area contributed by atoms with E-state index in [-0.39, 0.29) is 28.6 Å². The van der Waals surface area contributed by atoms with Gasteiger partial charge in [0.1, 0.15) is 0 Å². The molecule has 0 aromatic heterocycles. The molecule has 1 aliphatic rings. The van der Waals surface area contributed by atoms with Gasteiger partial charge in [-0.1, -0.05) is 0 Å². The summed E-state index contributed by atoms with van der Waals surface area (Å²) in [6.45, 7) is 0.391. The summed E-state index contributed by atoms with van der Waals surface area (Å²) < 4.78 is 36.5. The average molecular weight is 304 g/mol. The molecule has 1 aromatic rings. The molecule has 1 aromatic carbocycles. The van der Waals surface area contributed by atoms with Crippen LogP contribution in [0.4, 0.5) is 13.2 Å². The molecule has 7 heteroatoms. The van der Waals surface area contributed by atoms with Crippen LogP contribution in [-0.4, -0.2) is 24.0 Å². The zero-order chi connectivity index (χ0) is 14.8. The summed E-state index contributed by atoms with van der Waals surface area (Å²) in [6.07, 6.45) is 2.20. The average Bonchev–Trinajstić information content (AvgIpc) is 3.18. The second-order valence-corrected chi connectivity index (χ2v) is 5.92. The quantitative estimate of drug-likeness (QED) is 0.823. The van der Waals surface area contributed by atoms with Crippen LogP contribution >= 0.6 is 11.8 Å². The Bertz CT molecular complexity index is 471. The predicted molar refractivity (Wildman–Crippen MR) is 71.4 cm³/mol. The monoisotopic (exact) mass is 304 g/mol. The van der Waals surface area contributed by atoms with E-state index in [1.807, 2.05) is 0 Å². The van der Waals surface area contributed by atoms with Gasteiger partial charge in [-0.05, 0) is 54.8 Å². The molecule has 1 aliphatic carbocycles. The lowest BCUT2D eigenvalue weighted by Crippen LogP contribution is -2.38. The van der Waals surface area contributed by atoms with Gasteiger partial charge >= 0.3 is 5.51 Å². The van der Waals surface area contributed by atoms with Crippen LogP contribution in [-0.2, 0) is 0 Å². The minimum Gasteiger partial charge on any atom is -0.350 e. The van der Waals surface area contributed by atoms with Crippen LogP contribution in [0.25, 0.3) is 0 Å². The fraction of sp³-hybridized carbons (Fsp3) is 0.462. The van der Waals surface area contributed by atoms with Crippen molar-refractivity contribution in [2.24, 2.45) is 11.7 Å². The van der Waals surface area contributed by atoms with Gasteiger partial charge in [-0.25, -0.2) is 0 Å². The molecule has 110 valence electrons. The third-order valence-electron chi connectivity index (χ3n) is 3.08. The maximum Gasteiger partial charge on any atom is 0.446 e. The van der Waals surface area contributed by atoms with E-state index < -0.39 is 5.51 Å². The molecule has 1 atom stereocenters. The zero-order valence-corrected chi connectivity index (χ0v) is 11.4. The van der Waals surface area contributed by atoms with Gasteiger partial charge in [0.2, 0.25) is 0 Å². The van der Waals surface area contributed by atoms with E-state index in [1.165, 1.54) is 24.3 Å². The lowest BCUT2D eigenvalue weighted by molar-refractivity contribution is -0.0328. The molecule has 0 aliphatic heterocycles. The second kappa shape index (κ2) is 6.05. The Morgan fingerprint density at radius 2 is 1.95 bits per heavy atom. The van der Waals surface area contributed by atoms with Crippen molar-refractivity contribution in [1.29, 1.82) is 0 Å². The fourth-order valence-electron chi connectivity index (χ4n) is 1.81. The van der Waals surface area contributed by atoms with Crippen molar-refractivity contribution in [2.45, 2.75) is 29.3 Å². The van der Waals surface area contributed by atoms with E-state index in [1.54, 1.807) is 0 Å². The number of amides is 1. The molecular weight excluding hydrogens is 289 g/mol. The maximum absolute atomic E-state index is 12.2. The molecule has 0 heterocycles. The Kier molecular flexibility index (Phi) is 4.59. The number of alkyl halides is 3. The molecule has 20 heavy (non-hydrogen) atoms. The van der Waals surface area contributed by atoms with Gasteiger partial charge < -0.3 is 11.1 Å². The van der Waals surface area contributed by atoms with Crippen molar-refractivity contribution < 1.29 is 18.0 Å². The lowest BCUT2D eigenvalue weighted by atomic mass is 10.2. The van der Waals surface area contributed by atoms with Crippen molar-refractivity contribution >= 4 is 17.7 Å². The maximum atomic E-state index is 12.2. The Morgan fingerprint density at radius 1 is 1.35 bits per heavy atom. The summed E-state index contributed by atoms with van der Waals surface area (Å²) in [4.78, 5) is 11.9. The number of carbonyl (C=O) groups excluding carboxylic acids is 1. The van der Waals surface area contributed by atoms with Gasteiger partial charge in [0.25, 0.3) is 5.91 Å². The molecule has 0 radical (unpaired) electrons. The Hall–Kier alpha value is -1.21. The number of thioether (sulfide) groups is 1. The molecule has 2 rings (SSSR count). The van der Waals surface area contributed by atoms with E-state index in [4.69, 9.17) is 5.73 Å². The van der Waals surface area contributed by atoms with Gasteiger partial charge in [-0.15, -0.1) is 0 Å². The molecule has 0 spiro atoms. The van der Waals surface area contributed by atoms with Crippen LogP contribution in [0, 0.1) is 5.92 Å². The van der Waals surface area contributed by atoms with Crippen LogP contribution in [0.5, 0.6) is 0 Å². The predicted octanol–water partition coefficient (Wildman–Crippen LogP) is 2.77. The van der Waals surface area contributed by atoms with Crippen molar-refractivity contribution in [1.82, 2.24) is 5.32 Å². The standard InChI is InChI=1S/C13H15F3N2OS/c14-13(15,16)20-10-5-3-9(4-6-10)12(19)18-7-11(17)8-1-2-8/h3-6,8,11H,1-2,7,17H2,(H,18,19). The number of rotatable bonds is 5. The molecular formula is C13H15F3N2OS. The number of nitrogens with one attached hydrogen (secondary N) is 1. The highest BCUT2D eigenvalue weighted by Gasteiger charge is 2.29. The fourth-order valence-corrected chi connectivity index (χ4v) is 2.35. The van der Waals surface area contributed by atoms with Crippen LogP contribution in [0.15, 0.2) is 29.2 Å². The normalized spacial score (nSPS) is 16.8. The van der Waals surface area contributed by atoms with Crippen molar-refractivity contribution in [3.05, 3.63) is 29.8 Å². The number of benzene rings is 1. The third kappa shape index (κ3) is 4.72. The lowest BCUT2D eigenvalue weighted by Gasteiger charge is -2.12. The van der Waals surface area contributed by atoms with Crippen LogP contribution in [0.1, 0.15) is 23.2 Å². The van der Waals surface area contributed by atoms with E-state index in [0.29, 0.717) is 18.0 Å². The second-order valence-electron chi connectivity index (χ2n) is 4.78. The van der Waals surface area contributed by atoms with Gasteiger partial charge in [0.15, 0.2) is 0 Å². The topological polar surface area (TPSA) is 55.1 Å². The highest BCUT2D eigenvalue weighted by molar-refractivity contribution is 8.00. The SMILES string of the molecule is NC(CNC(=O)c1ccc(SC(F)(F)F)cc1)C1CC1. The zero-order valence-electron chi connectivity index (χ0n) is 10.6. The summed E-state index contributed by atoms with van der Waals surface area (Å²) in [7, 11) is 0. The number of nitrogens with two attached hydrogens (primary N) is 1.